The molecule has 0 aliphatic heterocycles. The zero-order valence-corrected chi connectivity index (χ0v) is 18.6. The first-order chi connectivity index (χ1) is 15.9. The van der Waals surface area contributed by atoms with Gasteiger partial charge < -0.3 is 9.30 Å². The van der Waals surface area contributed by atoms with Crippen LogP contribution in [0.15, 0.2) is 55.2 Å². The van der Waals surface area contributed by atoms with Crippen molar-refractivity contribution < 1.29 is 22.7 Å². The molecule has 2 unspecified atom stereocenters. The molecule has 3 aromatic rings. The van der Waals surface area contributed by atoms with E-state index in [0.29, 0.717) is 49.4 Å². The lowest BCUT2D eigenvalue weighted by atomic mass is 9.76. The SMILES string of the molecule is Cc1c(C(=O)n2ccnc2)cn(CCOCc2ccccc2)c1C1CCCCC1C(F)(F)F. The average Bonchev–Trinajstić information content (AvgIpc) is 3.45. The molecule has 0 N–H and O–H groups in total. The Morgan fingerprint density at radius 2 is 1.94 bits per heavy atom. The first-order valence-corrected chi connectivity index (χ1v) is 11.3. The van der Waals surface area contributed by atoms with Gasteiger partial charge in [0.2, 0.25) is 0 Å². The molecule has 0 spiro atoms. The molecule has 0 amide bonds. The van der Waals surface area contributed by atoms with Crippen LogP contribution in [0.5, 0.6) is 0 Å². The number of carbonyl (C=O) groups is 1. The fourth-order valence-corrected chi connectivity index (χ4v) is 4.86. The average molecular weight is 460 g/mol. The van der Waals surface area contributed by atoms with Gasteiger partial charge in [0.05, 0.1) is 24.7 Å². The van der Waals surface area contributed by atoms with Crippen molar-refractivity contribution in [3.05, 3.63) is 77.6 Å². The topological polar surface area (TPSA) is 49.0 Å². The Kier molecular flexibility index (Phi) is 7.02. The number of hydrogen-bond donors (Lipinski definition) is 0. The quantitative estimate of drug-likeness (QED) is 0.424. The van der Waals surface area contributed by atoms with E-state index >= 15 is 0 Å². The van der Waals surface area contributed by atoms with Crippen LogP contribution >= 0.6 is 0 Å². The van der Waals surface area contributed by atoms with Crippen LogP contribution in [0.2, 0.25) is 0 Å². The fourth-order valence-electron chi connectivity index (χ4n) is 4.86. The van der Waals surface area contributed by atoms with Crippen LogP contribution in [-0.4, -0.2) is 32.8 Å². The molecule has 1 aliphatic carbocycles. The molecule has 0 radical (unpaired) electrons. The van der Waals surface area contributed by atoms with Crippen molar-refractivity contribution in [2.75, 3.05) is 6.61 Å². The van der Waals surface area contributed by atoms with Crippen LogP contribution in [-0.2, 0) is 17.9 Å². The molecule has 2 aromatic heterocycles. The van der Waals surface area contributed by atoms with E-state index in [1.165, 1.54) is 17.1 Å². The summed E-state index contributed by atoms with van der Waals surface area (Å²) in [4.78, 5) is 16.9. The second-order valence-corrected chi connectivity index (χ2v) is 8.60. The molecule has 0 bridgehead atoms. The van der Waals surface area contributed by atoms with Gasteiger partial charge in [-0.15, -0.1) is 0 Å². The summed E-state index contributed by atoms with van der Waals surface area (Å²) in [5, 5.41) is 0. The third kappa shape index (κ3) is 5.21. The summed E-state index contributed by atoms with van der Waals surface area (Å²) < 4.78 is 50.7. The summed E-state index contributed by atoms with van der Waals surface area (Å²) in [5.74, 6) is -2.37. The van der Waals surface area contributed by atoms with Crippen LogP contribution in [0.3, 0.4) is 0 Å². The van der Waals surface area contributed by atoms with Crippen molar-refractivity contribution in [1.29, 1.82) is 0 Å². The number of nitrogens with zero attached hydrogens (tertiary/aromatic N) is 3. The van der Waals surface area contributed by atoms with Gasteiger partial charge in [-0.2, -0.15) is 13.2 Å². The zero-order valence-electron chi connectivity index (χ0n) is 18.6. The van der Waals surface area contributed by atoms with E-state index in [4.69, 9.17) is 4.74 Å². The van der Waals surface area contributed by atoms with Gasteiger partial charge in [0.15, 0.2) is 0 Å². The summed E-state index contributed by atoms with van der Waals surface area (Å²) in [6.07, 6.45) is 3.75. The van der Waals surface area contributed by atoms with Gasteiger partial charge in [0, 0.05) is 36.7 Å². The third-order valence-electron chi connectivity index (χ3n) is 6.48. The molecule has 8 heteroatoms. The molecule has 2 heterocycles. The Morgan fingerprint density at radius 3 is 2.64 bits per heavy atom. The summed E-state index contributed by atoms with van der Waals surface area (Å²) >= 11 is 0. The second kappa shape index (κ2) is 9.95. The van der Waals surface area contributed by atoms with Gasteiger partial charge >= 0.3 is 6.18 Å². The van der Waals surface area contributed by atoms with Crippen LogP contribution in [0.4, 0.5) is 13.2 Å². The summed E-state index contributed by atoms with van der Waals surface area (Å²) in [6.45, 7) is 2.88. The Hall–Kier alpha value is -2.87. The fraction of sp³-hybridized carbons (Fsp3) is 0.440. The molecule has 5 nitrogen and oxygen atoms in total. The summed E-state index contributed by atoms with van der Waals surface area (Å²) in [6, 6.07) is 9.71. The number of hydrogen-bond acceptors (Lipinski definition) is 3. The molecule has 176 valence electrons. The number of alkyl halides is 3. The molecule has 1 aromatic carbocycles. The Labute approximate surface area is 191 Å². The molecule has 4 rings (SSSR count). The highest BCUT2D eigenvalue weighted by molar-refractivity contribution is 5.97. The van der Waals surface area contributed by atoms with Gasteiger partial charge in [-0.3, -0.25) is 9.36 Å². The van der Waals surface area contributed by atoms with Crippen LogP contribution in [0.1, 0.15) is 58.8 Å². The first kappa shape index (κ1) is 23.3. The van der Waals surface area contributed by atoms with Crippen molar-refractivity contribution in [3.63, 3.8) is 0 Å². The van der Waals surface area contributed by atoms with Crippen molar-refractivity contribution in [2.24, 2.45) is 5.92 Å². The van der Waals surface area contributed by atoms with E-state index in [0.717, 1.165) is 12.0 Å². The van der Waals surface area contributed by atoms with Gasteiger partial charge in [-0.25, -0.2) is 4.98 Å². The van der Waals surface area contributed by atoms with Crippen molar-refractivity contribution in [1.82, 2.24) is 14.1 Å². The predicted octanol–water partition coefficient (Wildman–Crippen LogP) is 5.73. The van der Waals surface area contributed by atoms with E-state index in [2.05, 4.69) is 4.98 Å². The Morgan fingerprint density at radius 1 is 1.18 bits per heavy atom. The number of halogens is 3. The monoisotopic (exact) mass is 459 g/mol. The first-order valence-electron chi connectivity index (χ1n) is 11.3. The van der Waals surface area contributed by atoms with E-state index in [1.807, 2.05) is 30.3 Å². The number of imidazole rings is 1. The number of ether oxygens (including phenoxy) is 1. The number of benzene rings is 1. The van der Waals surface area contributed by atoms with Crippen molar-refractivity contribution in [2.45, 2.75) is 57.9 Å². The summed E-state index contributed by atoms with van der Waals surface area (Å²) in [7, 11) is 0. The van der Waals surface area contributed by atoms with E-state index in [-0.39, 0.29) is 12.3 Å². The minimum absolute atomic E-state index is 0.119. The highest BCUT2D eigenvalue weighted by Crippen LogP contribution is 2.47. The van der Waals surface area contributed by atoms with Crippen molar-refractivity contribution >= 4 is 5.91 Å². The van der Waals surface area contributed by atoms with Crippen LogP contribution < -0.4 is 0 Å². The van der Waals surface area contributed by atoms with Crippen LogP contribution in [0, 0.1) is 12.8 Å². The predicted molar refractivity (Wildman–Crippen MR) is 118 cm³/mol. The lowest BCUT2D eigenvalue weighted by molar-refractivity contribution is -0.187. The Bertz CT molecular complexity index is 1060. The maximum Gasteiger partial charge on any atom is 0.392 e. The zero-order chi connectivity index (χ0) is 23.4. The molecule has 1 aliphatic rings. The van der Waals surface area contributed by atoms with E-state index in [1.54, 1.807) is 23.9 Å². The minimum Gasteiger partial charge on any atom is -0.375 e. The normalized spacial score (nSPS) is 19.0. The second-order valence-electron chi connectivity index (χ2n) is 8.60. The lowest BCUT2D eigenvalue weighted by Crippen LogP contribution is -2.33. The van der Waals surface area contributed by atoms with Crippen molar-refractivity contribution in [3.8, 4) is 0 Å². The molecule has 1 fully saturated rings. The van der Waals surface area contributed by atoms with Gasteiger partial charge in [-0.1, -0.05) is 43.2 Å². The Balaban J connectivity index is 1.62. The number of rotatable bonds is 7. The molecule has 33 heavy (non-hydrogen) atoms. The standard InChI is InChI=1S/C25H28F3N3O2/c1-18-21(24(32)31-12-11-29-17-31)15-30(13-14-33-16-19-7-3-2-4-8-19)23(18)20-9-5-6-10-22(20)25(26,27)28/h2-4,7-8,11-12,15,17,20,22H,5-6,9-10,13-14,16H2,1H3. The molecule has 0 saturated heterocycles. The molecular formula is C25H28F3N3O2. The number of carbonyl (C=O) groups excluding carboxylic acids is 1. The molecular weight excluding hydrogens is 431 g/mol. The number of aromatic nitrogens is 3. The van der Waals surface area contributed by atoms with E-state index < -0.39 is 18.0 Å². The van der Waals surface area contributed by atoms with Gasteiger partial charge in [0.1, 0.15) is 6.33 Å². The third-order valence-corrected chi connectivity index (χ3v) is 6.48. The minimum atomic E-state index is -4.27. The smallest absolute Gasteiger partial charge is 0.375 e. The largest absolute Gasteiger partial charge is 0.392 e. The lowest BCUT2D eigenvalue weighted by Gasteiger charge is -2.34. The highest BCUT2D eigenvalue weighted by atomic mass is 19.4. The van der Waals surface area contributed by atoms with Crippen LogP contribution in [0.25, 0.3) is 0 Å². The molecule has 1 saturated carbocycles. The maximum absolute atomic E-state index is 13.9. The summed E-state index contributed by atoms with van der Waals surface area (Å²) in [5.41, 5.74) is 2.64. The highest BCUT2D eigenvalue weighted by Gasteiger charge is 2.47. The molecule has 2 atom stereocenters. The maximum atomic E-state index is 13.9. The van der Waals surface area contributed by atoms with Gasteiger partial charge in [0.25, 0.3) is 5.91 Å². The van der Waals surface area contributed by atoms with Gasteiger partial charge in [-0.05, 0) is 30.9 Å². The van der Waals surface area contributed by atoms with E-state index in [9.17, 15) is 18.0 Å².